The number of likely N-dealkylation sites (N-methyl/N-ethyl adjacent to an activating group) is 1. The zero-order valence-electron chi connectivity index (χ0n) is 12.9. The van der Waals surface area contributed by atoms with E-state index in [4.69, 9.17) is 21.1 Å². The first-order valence-corrected chi connectivity index (χ1v) is 7.32. The molecular weight excluding hydrogens is 292 g/mol. The molecule has 1 rings (SSSR count). The Labute approximate surface area is 131 Å². The molecule has 0 aliphatic carbocycles. The van der Waals surface area contributed by atoms with E-state index >= 15 is 0 Å². The summed E-state index contributed by atoms with van der Waals surface area (Å²) in [6.45, 7) is 3.02. The van der Waals surface area contributed by atoms with E-state index < -0.39 is 6.10 Å². The van der Waals surface area contributed by atoms with Crippen molar-refractivity contribution in [2.24, 2.45) is 0 Å². The number of ether oxygens (including phenoxy) is 2. The maximum atomic E-state index is 9.76. The summed E-state index contributed by atoms with van der Waals surface area (Å²) < 4.78 is 9.91. The molecule has 6 heteroatoms. The second-order valence-electron chi connectivity index (χ2n) is 4.95. The third-order valence-corrected chi connectivity index (χ3v) is 3.38. The van der Waals surface area contributed by atoms with Gasteiger partial charge in [0.25, 0.3) is 0 Å². The van der Waals surface area contributed by atoms with Gasteiger partial charge >= 0.3 is 0 Å². The van der Waals surface area contributed by atoms with Crippen molar-refractivity contribution in [2.45, 2.75) is 12.6 Å². The summed E-state index contributed by atoms with van der Waals surface area (Å²) in [5.41, 5.74) is 2.01. The maximum Gasteiger partial charge on any atom is 0.0947 e. The Morgan fingerprint density at radius 1 is 1.33 bits per heavy atom. The molecule has 0 aliphatic heterocycles. The molecule has 1 aromatic carbocycles. The van der Waals surface area contributed by atoms with Crippen LogP contribution in [0.2, 0.25) is 5.02 Å². The Morgan fingerprint density at radius 2 is 2.10 bits per heavy atom. The Hall–Kier alpha value is -0.850. The van der Waals surface area contributed by atoms with Gasteiger partial charge in [0.15, 0.2) is 0 Å². The molecule has 0 saturated heterocycles. The summed E-state index contributed by atoms with van der Waals surface area (Å²) in [7, 11) is 5.15. The number of aliphatic hydroxyl groups excluding tert-OH is 1. The second-order valence-corrected chi connectivity index (χ2v) is 5.35. The number of halogens is 1. The third kappa shape index (κ3) is 6.63. The highest BCUT2D eigenvalue weighted by atomic mass is 35.5. The summed E-state index contributed by atoms with van der Waals surface area (Å²) in [5, 5.41) is 13.7. The summed E-state index contributed by atoms with van der Waals surface area (Å²) in [5.74, 6) is 0. The predicted molar refractivity (Wildman–Crippen MR) is 86.2 cm³/mol. The van der Waals surface area contributed by atoms with Gasteiger partial charge in [-0.2, -0.15) is 0 Å². The number of methoxy groups -OCH3 is 2. The van der Waals surface area contributed by atoms with Gasteiger partial charge in [0.05, 0.1) is 30.0 Å². The summed E-state index contributed by atoms with van der Waals surface area (Å²) in [6.07, 6.45) is -0.536. The van der Waals surface area contributed by atoms with Crippen molar-refractivity contribution in [1.82, 2.24) is 5.32 Å². The fourth-order valence-corrected chi connectivity index (χ4v) is 2.38. The molecule has 0 radical (unpaired) electrons. The van der Waals surface area contributed by atoms with Crippen molar-refractivity contribution in [3.8, 4) is 0 Å². The van der Waals surface area contributed by atoms with E-state index in [0.29, 0.717) is 24.8 Å². The molecule has 0 aromatic heterocycles. The minimum absolute atomic E-state index is 0.309. The molecule has 1 aromatic rings. The van der Waals surface area contributed by atoms with Crippen LogP contribution in [0.4, 0.5) is 5.69 Å². The van der Waals surface area contributed by atoms with Gasteiger partial charge in [-0.3, -0.25) is 0 Å². The molecule has 0 bridgehead atoms. The summed E-state index contributed by atoms with van der Waals surface area (Å²) in [6, 6.07) is 5.94. The van der Waals surface area contributed by atoms with Crippen LogP contribution >= 0.6 is 11.6 Å². The largest absolute Gasteiger partial charge is 0.389 e. The molecule has 120 valence electrons. The number of hydrogen-bond acceptors (Lipinski definition) is 5. The van der Waals surface area contributed by atoms with E-state index in [1.807, 2.05) is 30.1 Å². The average molecular weight is 317 g/mol. The number of nitrogens with one attached hydrogen (secondary N) is 1. The lowest BCUT2D eigenvalue weighted by atomic mass is 10.2. The monoisotopic (exact) mass is 316 g/mol. The smallest absolute Gasteiger partial charge is 0.0947 e. The minimum Gasteiger partial charge on any atom is -0.389 e. The van der Waals surface area contributed by atoms with E-state index in [1.54, 1.807) is 14.2 Å². The lowest BCUT2D eigenvalue weighted by Gasteiger charge is -2.23. The van der Waals surface area contributed by atoms with E-state index in [-0.39, 0.29) is 0 Å². The van der Waals surface area contributed by atoms with Crippen LogP contribution in [0.15, 0.2) is 18.2 Å². The predicted octanol–water partition coefficient (Wildman–Crippen LogP) is 1.52. The first-order valence-electron chi connectivity index (χ1n) is 6.94. The van der Waals surface area contributed by atoms with Crippen LogP contribution in [-0.4, -0.2) is 58.8 Å². The Balaban J connectivity index is 2.56. The topological polar surface area (TPSA) is 54.0 Å². The van der Waals surface area contributed by atoms with Crippen molar-refractivity contribution in [2.75, 3.05) is 52.5 Å². The quantitative estimate of drug-likeness (QED) is 0.641. The number of nitrogens with zero attached hydrogens (tertiary/aromatic N) is 1. The Morgan fingerprint density at radius 3 is 2.71 bits per heavy atom. The van der Waals surface area contributed by atoms with Crippen molar-refractivity contribution >= 4 is 17.3 Å². The molecule has 0 heterocycles. The van der Waals surface area contributed by atoms with Gasteiger partial charge in [0.2, 0.25) is 0 Å². The number of anilines is 1. The van der Waals surface area contributed by atoms with Gasteiger partial charge in [-0.15, -0.1) is 0 Å². The van der Waals surface area contributed by atoms with Crippen LogP contribution in [0.25, 0.3) is 0 Å². The van der Waals surface area contributed by atoms with Crippen molar-refractivity contribution in [3.05, 3.63) is 28.8 Å². The highest BCUT2D eigenvalue weighted by molar-refractivity contribution is 6.33. The minimum atomic E-state index is -0.536. The van der Waals surface area contributed by atoms with Crippen LogP contribution in [0.1, 0.15) is 5.56 Å². The van der Waals surface area contributed by atoms with Crippen LogP contribution in [0.3, 0.4) is 0 Å². The standard InChI is InChI=1S/C15H25ClN2O3/c1-18(10-13(19)11-21-3)15-5-4-12(8-14(15)16)9-17-6-7-20-2/h4-5,8,13,17,19H,6-7,9-11H2,1-3H3. The van der Waals surface area contributed by atoms with E-state index in [2.05, 4.69) is 5.32 Å². The van der Waals surface area contributed by atoms with Crippen molar-refractivity contribution in [3.63, 3.8) is 0 Å². The first-order chi connectivity index (χ1) is 10.1. The molecule has 5 nitrogen and oxygen atoms in total. The van der Waals surface area contributed by atoms with Crippen LogP contribution in [-0.2, 0) is 16.0 Å². The van der Waals surface area contributed by atoms with Gasteiger partial charge in [-0.05, 0) is 17.7 Å². The molecule has 0 saturated carbocycles. The normalized spacial score (nSPS) is 12.4. The molecule has 1 unspecified atom stereocenters. The molecular formula is C15H25ClN2O3. The first kappa shape index (κ1) is 18.2. The van der Waals surface area contributed by atoms with E-state index in [1.165, 1.54) is 0 Å². The zero-order chi connectivity index (χ0) is 15.7. The van der Waals surface area contributed by atoms with Crippen LogP contribution in [0, 0.1) is 0 Å². The SMILES string of the molecule is COCCNCc1ccc(N(C)CC(O)COC)c(Cl)c1. The van der Waals surface area contributed by atoms with Gasteiger partial charge in [0.1, 0.15) is 0 Å². The third-order valence-electron chi connectivity index (χ3n) is 3.08. The molecule has 2 N–H and O–H groups in total. The molecule has 0 fully saturated rings. The fourth-order valence-electron chi connectivity index (χ4n) is 2.04. The van der Waals surface area contributed by atoms with Gasteiger partial charge < -0.3 is 24.8 Å². The van der Waals surface area contributed by atoms with E-state index in [9.17, 15) is 5.11 Å². The number of benzene rings is 1. The Kier molecular flexibility index (Phi) is 8.64. The molecule has 21 heavy (non-hydrogen) atoms. The van der Waals surface area contributed by atoms with Gasteiger partial charge in [-0.1, -0.05) is 17.7 Å². The fraction of sp³-hybridized carbons (Fsp3) is 0.600. The summed E-state index contributed by atoms with van der Waals surface area (Å²) in [4.78, 5) is 1.92. The molecule has 0 amide bonds. The zero-order valence-corrected chi connectivity index (χ0v) is 13.7. The number of aliphatic hydroxyl groups is 1. The van der Waals surface area contributed by atoms with Crippen LogP contribution in [0.5, 0.6) is 0 Å². The highest BCUT2D eigenvalue weighted by Crippen LogP contribution is 2.26. The summed E-state index contributed by atoms with van der Waals surface area (Å²) >= 11 is 6.32. The van der Waals surface area contributed by atoms with Gasteiger partial charge in [0, 0.05) is 40.9 Å². The Bertz CT molecular complexity index is 418. The van der Waals surface area contributed by atoms with Gasteiger partial charge in [-0.25, -0.2) is 0 Å². The maximum absolute atomic E-state index is 9.76. The molecule has 0 spiro atoms. The molecule has 1 atom stereocenters. The van der Waals surface area contributed by atoms with Crippen molar-refractivity contribution < 1.29 is 14.6 Å². The lowest BCUT2D eigenvalue weighted by molar-refractivity contribution is 0.0695. The van der Waals surface area contributed by atoms with E-state index in [0.717, 1.165) is 24.3 Å². The second kappa shape index (κ2) is 9.97. The number of rotatable bonds is 10. The lowest BCUT2D eigenvalue weighted by Crippen LogP contribution is -2.32. The number of hydrogen-bond donors (Lipinski definition) is 2. The molecule has 0 aliphatic rings. The van der Waals surface area contributed by atoms with Crippen LogP contribution < -0.4 is 10.2 Å². The average Bonchev–Trinajstić information content (AvgIpc) is 2.43. The highest BCUT2D eigenvalue weighted by Gasteiger charge is 2.11. The van der Waals surface area contributed by atoms with Crippen molar-refractivity contribution in [1.29, 1.82) is 0 Å².